The summed E-state index contributed by atoms with van der Waals surface area (Å²) in [6.07, 6.45) is 8.38. The Hall–Kier alpha value is -3.05. The number of carbonyl (C=O) groups is 1. The second-order valence-corrected chi connectivity index (χ2v) is 8.75. The first kappa shape index (κ1) is 19.9. The summed E-state index contributed by atoms with van der Waals surface area (Å²) in [5, 5.41) is 0. The van der Waals surface area contributed by atoms with Crippen LogP contribution in [0.5, 0.6) is 0 Å². The highest BCUT2D eigenvalue weighted by molar-refractivity contribution is 5.94. The zero-order valence-corrected chi connectivity index (χ0v) is 18.0. The summed E-state index contributed by atoms with van der Waals surface area (Å²) in [6.45, 7) is 5.99. The van der Waals surface area contributed by atoms with Gasteiger partial charge in [-0.05, 0) is 66.6 Å². The molecule has 0 spiro atoms. The number of rotatable bonds is 5. The van der Waals surface area contributed by atoms with Gasteiger partial charge in [0.25, 0.3) is 5.91 Å². The quantitative estimate of drug-likeness (QED) is 0.626. The number of carbonyl (C=O) groups excluding carboxylic acids is 1. The molecule has 0 radical (unpaired) electrons. The van der Waals surface area contributed by atoms with Gasteiger partial charge in [-0.15, -0.1) is 0 Å². The molecule has 0 aliphatic carbocycles. The van der Waals surface area contributed by atoms with E-state index < -0.39 is 0 Å². The summed E-state index contributed by atoms with van der Waals surface area (Å²) >= 11 is 0. The molecule has 1 saturated heterocycles. The maximum atomic E-state index is 12.7. The van der Waals surface area contributed by atoms with Gasteiger partial charge in [-0.1, -0.05) is 36.4 Å². The van der Waals surface area contributed by atoms with Crippen LogP contribution in [-0.4, -0.2) is 44.8 Å². The third kappa shape index (κ3) is 4.23. The Kier molecular flexibility index (Phi) is 5.51. The van der Waals surface area contributed by atoms with E-state index in [0.717, 1.165) is 19.0 Å². The van der Waals surface area contributed by atoms with Crippen molar-refractivity contribution in [3.05, 3.63) is 83.4 Å². The fraction of sp³-hybridized carbons (Fsp3) is 0.346. The molecule has 5 heteroatoms. The van der Waals surface area contributed by atoms with Gasteiger partial charge >= 0.3 is 0 Å². The monoisotopic (exact) mass is 412 g/mol. The minimum absolute atomic E-state index is 0.0185. The zero-order valence-electron chi connectivity index (χ0n) is 18.0. The molecular formula is C26H28N4O. The Morgan fingerprint density at radius 2 is 1.74 bits per heavy atom. The fourth-order valence-electron chi connectivity index (χ4n) is 4.77. The van der Waals surface area contributed by atoms with E-state index in [-0.39, 0.29) is 5.91 Å². The standard InChI is InChI=1S/C26H28N4O/c1-19-3-2-11-29(19)12-10-20-4-6-21(7-5-20)22-8-9-23-16-30(17-24(23)13-22)26(31)25-14-27-18-28-15-25/h4-9,13-15,18-19H,2-3,10-12,16-17H2,1H3. The number of hydrogen-bond donors (Lipinski definition) is 0. The van der Waals surface area contributed by atoms with Crippen molar-refractivity contribution in [3.63, 3.8) is 0 Å². The number of likely N-dealkylation sites (tertiary alicyclic amines) is 1. The maximum Gasteiger partial charge on any atom is 0.257 e. The lowest BCUT2D eigenvalue weighted by Gasteiger charge is -2.20. The number of fused-ring (bicyclic) bond motifs is 1. The summed E-state index contributed by atoms with van der Waals surface area (Å²) in [7, 11) is 0. The summed E-state index contributed by atoms with van der Waals surface area (Å²) in [4.78, 5) is 25.1. The van der Waals surface area contributed by atoms with Crippen LogP contribution in [0.4, 0.5) is 0 Å². The van der Waals surface area contributed by atoms with Crippen LogP contribution in [0.2, 0.25) is 0 Å². The molecule has 2 aliphatic rings. The van der Waals surface area contributed by atoms with E-state index in [1.807, 2.05) is 4.90 Å². The highest BCUT2D eigenvalue weighted by Crippen LogP contribution is 2.29. The molecule has 3 aromatic rings. The maximum absolute atomic E-state index is 12.7. The van der Waals surface area contributed by atoms with Crippen molar-refractivity contribution in [2.75, 3.05) is 13.1 Å². The van der Waals surface area contributed by atoms with E-state index in [1.54, 1.807) is 12.4 Å². The van der Waals surface area contributed by atoms with E-state index in [2.05, 4.69) is 64.3 Å². The lowest BCUT2D eigenvalue weighted by molar-refractivity contribution is 0.0750. The highest BCUT2D eigenvalue weighted by Gasteiger charge is 2.25. The summed E-state index contributed by atoms with van der Waals surface area (Å²) < 4.78 is 0. The molecule has 1 amide bonds. The van der Waals surface area contributed by atoms with E-state index >= 15 is 0 Å². The molecular weight excluding hydrogens is 384 g/mol. The van der Waals surface area contributed by atoms with Crippen molar-refractivity contribution in [1.29, 1.82) is 0 Å². The Morgan fingerprint density at radius 1 is 1.00 bits per heavy atom. The number of benzene rings is 2. The van der Waals surface area contributed by atoms with Crippen molar-refractivity contribution in [3.8, 4) is 11.1 Å². The van der Waals surface area contributed by atoms with Gasteiger partial charge in [-0.2, -0.15) is 0 Å². The number of nitrogens with zero attached hydrogens (tertiary/aromatic N) is 4. The Balaban J connectivity index is 1.25. The molecule has 1 aromatic heterocycles. The zero-order chi connectivity index (χ0) is 21.2. The van der Waals surface area contributed by atoms with Crippen LogP contribution in [0.25, 0.3) is 11.1 Å². The molecule has 5 rings (SSSR count). The second kappa shape index (κ2) is 8.60. The van der Waals surface area contributed by atoms with Gasteiger partial charge in [0.1, 0.15) is 6.33 Å². The predicted molar refractivity (Wildman–Crippen MR) is 121 cm³/mol. The van der Waals surface area contributed by atoms with Gasteiger partial charge in [-0.3, -0.25) is 4.79 Å². The minimum atomic E-state index is -0.0185. The van der Waals surface area contributed by atoms with Crippen LogP contribution in [0, 0.1) is 0 Å². The van der Waals surface area contributed by atoms with Crippen molar-refractivity contribution < 1.29 is 4.79 Å². The molecule has 0 N–H and O–H groups in total. The SMILES string of the molecule is CC1CCCN1CCc1ccc(-c2ccc3c(c2)CN(C(=O)c2cncnc2)C3)cc1. The summed E-state index contributed by atoms with van der Waals surface area (Å²) in [5.41, 5.74) is 6.79. The third-order valence-electron chi connectivity index (χ3n) is 6.69. The van der Waals surface area contributed by atoms with E-state index in [0.29, 0.717) is 18.7 Å². The fourth-order valence-corrected chi connectivity index (χ4v) is 4.77. The van der Waals surface area contributed by atoms with E-state index in [4.69, 9.17) is 0 Å². The average Bonchev–Trinajstić information content (AvgIpc) is 3.43. The van der Waals surface area contributed by atoms with Crippen molar-refractivity contribution in [1.82, 2.24) is 19.8 Å². The van der Waals surface area contributed by atoms with Crippen molar-refractivity contribution in [2.24, 2.45) is 0 Å². The first-order chi connectivity index (χ1) is 15.2. The van der Waals surface area contributed by atoms with Gasteiger partial charge in [0.05, 0.1) is 5.56 Å². The molecule has 2 aliphatic heterocycles. The van der Waals surface area contributed by atoms with Crippen LogP contribution >= 0.6 is 0 Å². The van der Waals surface area contributed by atoms with Crippen LogP contribution in [-0.2, 0) is 19.5 Å². The predicted octanol–water partition coefficient (Wildman–Crippen LogP) is 4.33. The third-order valence-corrected chi connectivity index (χ3v) is 6.69. The van der Waals surface area contributed by atoms with Gasteiger partial charge in [-0.25, -0.2) is 9.97 Å². The molecule has 1 fully saturated rings. The topological polar surface area (TPSA) is 49.3 Å². The number of hydrogen-bond acceptors (Lipinski definition) is 4. The van der Waals surface area contributed by atoms with Crippen LogP contribution in [0.15, 0.2) is 61.2 Å². The lowest BCUT2D eigenvalue weighted by atomic mass is 9.99. The smallest absolute Gasteiger partial charge is 0.257 e. The highest BCUT2D eigenvalue weighted by atomic mass is 16.2. The molecule has 3 heterocycles. The summed E-state index contributed by atoms with van der Waals surface area (Å²) in [5.74, 6) is -0.0185. The van der Waals surface area contributed by atoms with Gasteiger partial charge < -0.3 is 9.80 Å². The Bertz CT molecular complexity index is 1060. The molecule has 0 bridgehead atoms. The van der Waals surface area contributed by atoms with Gasteiger partial charge in [0.15, 0.2) is 0 Å². The first-order valence-electron chi connectivity index (χ1n) is 11.2. The van der Waals surface area contributed by atoms with Gasteiger partial charge in [0.2, 0.25) is 0 Å². The van der Waals surface area contributed by atoms with E-state index in [1.165, 1.54) is 53.5 Å². The molecule has 1 unspecified atom stereocenters. The van der Waals surface area contributed by atoms with E-state index in [9.17, 15) is 4.79 Å². The minimum Gasteiger partial charge on any atom is -0.330 e. The Labute approximate surface area is 183 Å². The molecule has 31 heavy (non-hydrogen) atoms. The molecule has 5 nitrogen and oxygen atoms in total. The lowest BCUT2D eigenvalue weighted by Crippen LogP contribution is -2.28. The molecule has 1 atom stereocenters. The van der Waals surface area contributed by atoms with Crippen LogP contribution in [0.3, 0.4) is 0 Å². The number of amides is 1. The molecule has 158 valence electrons. The summed E-state index contributed by atoms with van der Waals surface area (Å²) in [6, 6.07) is 16.2. The van der Waals surface area contributed by atoms with Crippen molar-refractivity contribution >= 4 is 5.91 Å². The van der Waals surface area contributed by atoms with Gasteiger partial charge in [0, 0.05) is 38.1 Å². The average molecular weight is 413 g/mol. The number of aromatic nitrogens is 2. The molecule has 0 saturated carbocycles. The van der Waals surface area contributed by atoms with Crippen LogP contribution in [0.1, 0.15) is 46.8 Å². The molecule has 2 aromatic carbocycles. The Morgan fingerprint density at radius 3 is 2.48 bits per heavy atom. The normalized spacial score (nSPS) is 18.4. The van der Waals surface area contributed by atoms with Crippen molar-refractivity contribution in [2.45, 2.75) is 45.3 Å². The second-order valence-electron chi connectivity index (χ2n) is 8.75. The largest absolute Gasteiger partial charge is 0.330 e. The first-order valence-corrected chi connectivity index (χ1v) is 11.2. The van der Waals surface area contributed by atoms with Crippen LogP contribution < -0.4 is 0 Å².